The molecule has 8 heavy (non-hydrogen) atoms. The monoisotopic (exact) mass is 113 g/mol. The Bertz CT molecular complexity index is 74.6. The van der Waals surface area contributed by atoms with Gasteiger partial charge in [-0.3, -0.25) is 0 Å². The van der Waals surface area contributed by atoms with Crippen molar-refractivity contribution in [1.29, 1.82) is 0 Å². The van der Waals surface area contributed by atoms with Crippen LogP contribution in [0.15, 0.2) is 18.7 Å². The SMILES string of the molecule is CNC.c1c[nH]cn1. The lowest BCUT2D eigenvalue weighted by atomic mass is 11.0. The number of nitrogens with zero attached hydrogens (tertiary/aromatic N) is 1. The Kier molecular flexibility index (Phi) is 5.53. The van der Waals surface area contributed by atoms with E-state index >= 15 is 0 Å². The summed E-state index contributed by atoms with van der Waals surface area (Å²) < 4.78 is 0. The quantitative estimate of drug-likeness (QED) is 0.506. The van der Waals surface area contributed by atoms with Gasteiger partial charge < -0.3 is 10.3 Å². The molecule has 1 heterocycles. The largest absolute Gasteiger partial charge is 0.351 e. The standard InChI is InChI=1S/C3H4N2.C2H7N/c1-2-5-3-4-1;1-3-2/h1-3H,(H,4,5);3H,1-2H3. The van der Waals surface area contributed by atoms with Crippen molar-refractivity contribution in [3.05, 3.63) is 18.7 Å². The fourth-order valence-corrected chi connectivity index (χ4v) is 0.215. The van der Waals surface area contributed by atoms with Gasteiger partial charge in [-0.2, -0.15) is 0 Å². The van der Waals surface area contributed by atoms with Crippen molar-refractivity contribution < 1.29 is 0 Å². The molecule has 0 amide bonds. The molecule has 0 radical (unpaired) electrons. The van der Waals surface area contributed by atoms with Crippen LogP contribution in [0.4, 0.5) is 0 Å². The van der Waals surface area contributed by atoms with Gasteiger partial charge in [-0.05, 0) is 14.1 Å². The number of H-pyrrole nitrogens is 1. The lowest BCUT2D eigenvalue weighted by Gasteiger charge is -1.59. The third-order valence-corrected chi connectivity index (χ3v) is 0.406. The van der Waals surface area contributed by atoms with Crippen LogP contribution >= 0.6 is 0 Å². The minimum atomic E-state index is 1.62. The Morgan fingerprint density at radius 3 is 2.25 bits per heavy atom. The van der Waals surface area contributed by atoms with Crippen LogP contribution in [-0.4, -0.2) is 24.1 Å². The van der Waals surface area contributed by atoms with Crippen LogP contribution in [0.1, 0.15) is 0 Å². The van der Waals surface area contributed by atoms with Gasteiger partial charge in [0.2, 0.25) is 0 Å². The highest BCUT2D eigenvalue weighted by molar-refractivity contribution is 4.64. The molecule has 46 valence electrons. The third kappa shape index (κ3) is 5.17. The topological polar surface area (TPSA) is 40.7 Å². The Hall–Kier alpha value is -0.830. The Morgan fingerprint density at radius 1 is 1.50 bits per heavy atom. The van der Waals surface area contributed by atoms with E-state index in [1.165, 1.54) is 0 Å². The lowest BCUT2D eigenvalue weighted by Crippen LogP contribution is -1.89. The number of aromatic amines is 1. The molecule has 0 saturated carbocycles. The van der Waals surface area contributed by atoms with Crippen molar-refractivity contribution in [2.45, 2.75) is 0 Å². The van der Waals surface area contributed by atoms with Crippen LogP contribution in [0.5, 0.6) is 0 Å². The highest BCUT2D eigenvalue weighted by atomic mass is 14.8. The summed E-state index contributed by atoms with van der Waals surface area (Å²) in [5.41, 5.74) is 0. The molecule has 0 aliphatic carbocycles. The van der Waals surface area contributed by atoms with Gasteiger partial charge in [-0.1, -0.05) is 0 Å². The van der Waals surface area contributed by atoms with Crippen molar-refractivity contribution in [1.82, 2.24) is 15.3 Å². The van der Waals surface area contributed by atoms with Crippen molar-refractivity contribution in [3.8, 4) is 0 Å². The van der Waals surface area contributed by atoms with Crippen LogP contribution in [-0.2, 0) is 0 Å². The Labute approximate surface area is 49.1 Å². The lowest BCUT2D eigenvalue weighted by molar-refractivity contribution is 1.02. The minimum Gasteiger partial charge on any atom is -0.351 e. The zero-order chi connectivity index (χ0) is 6.24. The number of nitrogens with one attached hydrogen (secondary N) is 2. The molecule has 0 aromatic carbocycles. The molecule has 1 aromatic heterocycles. The molecular formula is C5H11N3. The zero-order valence-electron chi connectivity index (χ0n) is 5.18. The molecule has 0 saturated heterocycles. The molecule has 0 fully saturated rings. The smallest absolute Gasteiger partial charge is 0.0919 e. The van der Waals surface area contributed by atoms with Crippen LogP contribution in [0.3, 0.4) is 0 Å². The van der Waals surface area contributed by atoms with Gasteiger partial charge >= 0.3 is 0 Å². The summed E-state index contributed by atoms with van der Waals surface area (Å²) in [7, 11) is 3.75. The third-order valence-electron chi connectivity index (χ3n) is 0.406. The van der Waals surface area contributed by atoms with E-state index in [9.17, 15) is 0 Å². The minimum absolute atomic E-state index is 1.62. The number of imidazole rings is 1. The van der Waals surface area contributed by atoms with Gasteiger partial charge in [0.05, 0.1) is 6.33 Å². The second-order valence-electron chi connectivity index (χ2n) is 1.26. The molecule has 3 heteroatoms. The summed E-state index contributed by atoms with van der Waals surface area (Å²) in [6, 6.07) is 0. The van der Waals surface area contributed by atoms with Gasteiger partial charge in [-0.15, -0.1) is 0 Å². The predicted octanol–water partition coefficient (Wildman–Crippen LogP) is 0.245. The van der Waals surface area contributed by atoms with E-state index in [-0.39, 0.29) is 0 Å². The molecule has 0 atom stereocenters. The number of aromatic nitrogens is 2. The second kappa shape index (κ2) is 6.17. The van der Waals surface area contributed by atoms with E-state index in [1.54, 1.807) is 18.7 Å². The number of rotatable bonds is 0. The highest BCUT2D eigenvalue weighted by Crippen LogP contribution is 1.62. The zero-order valence-corrected chi connectivity index (χ0v) is 5.18. The second-order valence-corrected chi connectivity index (χ2v) is 1.26. The van der Waals surface area contributed by atoms with Gasteiger partial charge in [-0.25, -0.2) is 4.98 Å². The predicted molar refractivity (Wildman–Crippen MR) is 33.6 cm³/mol. The first-order chi connectivity index (χ1) is 3.91. The maximum Gasteiger partial charge on any atom is 0.0919 e. The van der Waals surface area contributed by atoms with E-state index in [1.807, 2.05) is 14.1 Å². The van der Waals surface area contributed by atoms with E-state index < -0.39 is 0 Å². The maximum atomic E-state index is 3.67. The molecule has 1 aromatic rings. The van der Waals surface area contributed by atoms with Crippen molar-refractivity contribution >= 4 is 0 Å². The highest BCUT2D eigenvalue weighted by Gasteiger charge is 1.56. The van der Waals surface area contributed by atoms with Crippen molar-refractivity contribution in [2.75, 3.05) is 14.1 Å². The van der Waals surface area contributed by atoms with E-state index in [4.69, 9.17) is 0 Å². The van der Waals surface area contributed by atoms with Gasteiger partial charge in [0.1, 0.15) is 0 Å². The summed E-state index contributed by atoms with van der Waals surface area (Å²) in [4.78, 5) is 6.42. The first kappa shape index (κ1) is 7.17. The van der Waals surface area contributed by atoms with Crippen molar-refractivity contribution in [3.63, 3.8) is 0 Å². The number of hydrogen-bond acceptors (Lipinski definition) is 2. The molecule has 3 nitrogen and oxygen atoms in total. The summed E-state index contributed by atoms with van der Waals surface area (Å²) in [5, 5.41) is 2.75. The first-order valence-corrected chi connectivity index (χ1v) is 2.43. The van der Waals surface area contributed by atoms with Gasteiger partial charge in [0.15, 0.2) is 0 Å². The summed E-state index contributed by atoms with van der Waals surface area (Å²) in [6.45, 7) is 0. The molecule has 0 bridgehead atoms. The van der Waals surface area contributed by atoms with Gasteiger partial charge in [0.25, 0.3) is 0 Å². The maximum absolute atomic E-state index is 3.67. The molecular weight excluding hydrogens is 102 g/mol. The summed E-state index contributed by atoms with van der Waals surface area (Å²) in [5.74, 6) is 0. The molecule has 2 N–H and O–H groups in total. The molecule has 0 aliphatic heterocycles. The fraction of sp³-hybridized carbons (Fsp3) is 0.400. The first-order valence-electron chi connectivity index (χ1n) is 2.43. The Balaban J connectivity index is 0.000000145. The van der Waals surface area contributed by atoms with E-state index in [2.05, 4.69) is 15.3 Å². The van der Waals surface area contributed by atoms with Crippen molar-refractivity contribution in [2.24, 2.45) is 0 Å². The average Bonchev–Trinajstić information content (AvgIpc) is 2.17. The number of hydrogen-bond donors (Lipinski definition) is 2. The van der Waals surface area contributed by atoms with E-state index in [0.717, 1.165) is 0 Å². The van der Waals surface area contributed by atoms with Crippen LogP contribution < -0.4 is 5.32 Å². The van der Waals surface area contributed by atoms with Crippen LogP contribution in [0.25, 0.3) is 0 Å². The fourth-order valence-electron chi connectivity index (χ4n) is 0.215. The average molecular weight is 113 g/mol. The molecule has 0 aliphatic rings. The summed E-state index contributed by atoms with van der Waals surface area (Å²) >= 11 is 0. The van der Waals surface area contributed by atoms with Crippen LogP contribution in [0, 0.1) is 0 Å². The van der Waals surface area contributed by atoms with Crippen LogP contribution in [0.2, 0.25) is 0 Å². The molecule has 0 spiro atoms. The molecule has 0 unspecified atom stereocenters. The normalized spacial score (nSPS) is 7.25. The van der Waals surface area contributed by atoms with Gasteiger partial charge in [0, 0.05) is 12.4 Å². The Morgan fingerprint density at radius 2 is 2.12 bits per heavy atom. The molecule has 1 rings (SSSR count). The summed E-state index contributed by atoms with van der Waals surface area (Å²) in [6.07, 6.45) is 5.08. The van der Waals surface area contributed by atoms with E-state index in [0.29, 0.717) is 0 Å².